The van der Waals surface area contributed by atoms with Crippen LogP contribution >= 0.6 is 23.2 Å². The molecule has 3 rings (SSSR count). The molecule has 3 atom stereocenters. The van der Waals surface area contributed by atoms with E-state index in [1.807, 2.05) is 24.3 Å². The van der Waals surface area contributed by atoms with E-state index in [9.17, 15) is 9.90 Å². The number of cyclic esters (lactones) is 1. The normalized spacial score (nSPS) is 24.8. The third-order valence-electron chi connectivity index (χ3n) is 4.37. The van der Waals surface area contributed by atoms with Gasteiger partial charge in [0.25, 0.3) is 0 Å². The van der Waals surface area contributed by atoms with Crippen molar-refractivity contribution >= 4 is 29.2 Å². The fourth-order valence-corrected chi connectivity index (χ4v) is 3.08. The molecule has 0 unspecified atom stereocenters. The second-order valence-electron chi connectivity index (χ2n) is 6.59. The van der Waals surface area contributed by atoms with E-state index < -0.39 is 23.8 Å². The summed E-state index contributed by atoms with van der Waals surface area (Å²) in [4.78, 5) is 12.0. The molecule has 0 aromatic heterocycles. The number of esters is 1. The van der Waals surface area contributed by atoms with E-state index >= 15 is 0 Å². The number of benzene rings is 2. The molecule has 1 saturated heterocycles. The zero-order chi connectivity index (χ0) is 19.4. The molecule has 0 spiro atoms. The van der Waals surface area contributed by atoms with Crippen molar-refractivity contribution in [2.75, 3.05) is 6.61 Å². The molecule has 1 N–H and O–H groups in total. The van der Waals surface area contributed by atoms with Crippen LogP contribution in [0.1, 0.15) is 18.1 Å². The van der Waals surface area contributed by atoms with Crippen LogP contribution in [0.25, 0.3) is 0 Å². The van der Waals surface area contributed by atoms with Crippen molar-refractivity contribution < 1.29 is 24.1 Å². The summed E-state index contributed by atoms with van der Waals surface area (Å²) in [7, 11) is 0. The number of rotatable bonds is 7. The van der Waals surface area contributed by atoms with Crippen LogP contribution in [0.4, 0.5) is 0 Å². The molecular weight excluding hydrogens is 391 g/mol. The van der Waals surface area contributed by atoms with Crippen molar-refractivity contribution in [2.24, 2.45) is 0 Å². The summed E-state index contributed by atoms with van der Waals surface area (Å²) < 4.78 is 16.7. The second-order valence-corrected chi connectivity index (χ2v) is 7.46. The molecule has 0 bridgehead atoms. The summed E-state index contributed by atoms with van der Waals surface area (Å²) in [5.74, 6) is -0.719. The van der Waals surface area contributed by atoms with E-state index in [0.717, 1.165) is 11.1 Å². The average molecular weight is 411 g/mol. The first-order valence-corrected chi connectivity index (χ1v) is 9.23. The third-order valence-corrected chi connectivity index (χ3v) is 4.87. The molecule has 2 aromatic rings. The zero-order valence-electron chi connectivity index (χ0n) is 14.7. The molecule has 2 aromatic carbocycles. The van der Waals surface area contributed by atoms with Crippen LogP contribution in [-0.2, 0) is 32.2 Å². The van der Waals surface area contributed by atoms with Gasteiger partial charge in [0, 0.05) is 10.0 Å². The smallest absolute Gasteiger partial charge is 0.341 e. The Hall–Kier alpha value is -1.63. The van der Waals surface area contributed by atoms with Crippen LogP contribution in [0.5, 0.6) is 0 Å². The van der Waals surface area contributed by atoms with E-state index in [4.69, 9.17) is 37.4 Å². The van der Waals surface area contributed by atoms with Crippen LogP contribution < -0.4 is 0 Å². The molecule has 0 aliphatic carbocycles. The summed E-state index contributed by atoms with van der Waals surface area (Å²) in [6.45, 7) is 2.04. The van der Waals surface area contributed by atoms with Gasteiger partial charge in [-0.2, -0.15) is 0 Å². The molecule has 0 amide bonds. The molecular formula is C20H20Cl2O5. The topological polar surface area (TPSA) is 65.0 Å². The van der Waals surface area contributed by atoms with Gasteiger partial charge in [0.05, 0.1) is 19.8 Å². The highest BCUT2D eigenvalue weighted by atomic mass is 35.5. The molecule has 1 aliphatic heterocycles. The van der Waals surface area contributed by atoms with Gasteiger partial charge in [-0.05, 0) is 42.3 Å². The SMILES string of the molecule is C[C@@]1(O)C(=O)O[C@H](COCc2ccc(Cl)cc2)[C@H]1OCc1ccc(Cl)cc1. The van der Waals surface area contributed by atoms with Gasteiger partial charge in [0.1, 0.15) is 6.10 Å². The van der Waals surface area contributed by atoms with Crippen LogP contribution in [0.3, 0.4) is 0 Å². The summed E-state index contributed by atoms with van der Waals surface area (Å²) in [5.41, 5.74) is 0.0743. The average Bonchev–Trinajstić information content (AvgIpc) is 2.85. The predicted molar refractivity (Wildman–Crippen MR) is 102 cm³/mol. The summed E-state index contributed by atoms with van der Waals surface area (Å²) in [6, 6.07) is 14.4. The highest BCUT2D eigenvalue weighted by molar-refractivity contribution is 6.30. The number of hydrogen-bond donors (Lipinski definition) is 1. The van der Waals surface area contributed by atoms with Crippen LogP contribution in [0, 0.1) is 0 Å². The maximum Gasteiger partial charge on any atom is 0.341 e. The van der Waals surface area contributed by atoms with Gasteiger partial charge in [-0.25, -0.2) is 4.79 Å². The second kappa shape index (κ2) is 8.59. The van der Waals surface area contributed by atoms with Crippen molar-refractivity contribution in [1.29, 1.82) is 0 Å². The van der Waals surface area contributed by atoms with Crippen molar-refractivity contribution in [2.45, 2.75) is 37.9 Å². The summed E-state index contributed by atoms with van der Waals surface area (Å²) in [5, 5.41) is 11.7. The van der Waals surface area contributed by atoms with E-state index in [1.165, 1.54) is 6.92 Å². The highest BCUT2D eigenvalue weighted by Crippen LogP contribution is 2.30. The lowest BCUT2D eigenvalue weighted by Gasteiger charge is -2.24. The number of ether oxygens (including phenoxy) is 3. The first-order chi connectivity index (χ1) is 12.9. The number of aliphatic hydroxyl groups is 1. The maximum atomic E-state index is 12.0. The lowest BCUT2D eigenvalue weighted by Crippen LogP contribution is -2.46. The van der Waals surface area contributed by atoms with Crippen molar-refractivity contribution in [1.82, 2.24) is 0 Å². The Morgan fingerprint density at radius 1 is 1.00 bits per heavy atom. The molecule has 0 saturated carbocycles. The van der Waals surface area contributed by atoms with Gasteiger partial charge in [0.15, 0.2) is 11.7 Å². The molecule has 1 fully saturated rings. The summed E-state index contributed by atoms with van der Waals surface area (Å²) >= 11 is 11.7. The first kappa shape index (κ1) is 20.1. The van der Waals surface area contributed by atoms with Crippen molar-refractivity contribution in [3.8, 4) is 0 Å². The maximum absolute atomic E-state index is 12.0. The number of carbonyl (C=O) groups is 1. The van der Waals surface area contributed by atoms with E-state index in [2.05, 4.69) is 0 Å². The zero-order valence-corrected chi connectivity index (χ0v) is 16.2. The fourth-order valence-electron chi connectivity index (χ4n) is 2.83. The Bertz CT molecular complexity index is 774. The van der Waals surface area contributed by atoms with E-state index in [1.54, 1.807) is 24.3 Å². The lowest BCUT2D eigenvalue weighted by atomic mass is 9.98. The van der Waals surface area contributed by atoms with Gasteiger partial charge in [-0.1, -0.05) is 47.5 Å². The monoisotopic (exact) mass is 410 g/mol. The minimum atomic E-state index is -1.74. The number of halogens is 2. The van der Waals surface area contributed by atoms with Gasteiger partial charge >= 0.3 is 5.97 Å². The van der Waals surface area contributed by atoms with Gasteiger partial charge in [0.2, 0.25) is 0 Å². The van der Waals surface area contributed by atoms with Gasteiger partial charge < -0.3 is 19.3 Å². The van der Waals surface area contributed by atoms with Crippen LogP contribution in [0.2, 0.25) is 10.0 Å². The Morgan fingerprint density at radius 3 is 2.07 bits per heavy atom. The standard InChI is InChI=1S/C20H20Cl2O5/c1-20(24)18(26-11-14-4-8-16(22)9-5-14)17(27-19(20)23)12-25-10-13-2-6-15(21)7-3-13/h2-9,17-18,24H,10-12H2,1H3/t17-,18-,20+/m1/s1. The van der Waals surface area contributed by atoms with Crippen molar-refractivity contribution in [3.63, 3.8) is 0 Å². The third kappa shape index (κ3) is 5.00. The molecule has 27 heavy (non-hydrogen) atoms. The van der Waals surface area contributed by atoms with Crippen molar-refractivity contribution in [3.05, 3.63) is 69.7 Å². The van der Waals surface area contributed by atoms with E-state index in [0.29, 0.717) is 16.7 Å². The quantitative estimate of drug-likeness (QED) is 0.703. The number of hydrogen-bond acceptors (Lipinski definition) is 5. The van der Waals surface area contributed by atoms with Crippen LogP contribution in [-0.4, -0.2) is 35.5 Å². The molecule has 5 nitrogen and oxygen atoms in total. The van der Waals surface area contributed by atoms with Gasteiger partial charge in [-0.3, -0.25) is 0 Å². The minimum Gasteiger partial charge on any atom is -0.455 e. The molecule has 7 heteroatoms. The Labute approximate surface area is 167 Å². The van der Waals surface area contributed by atoms with Gasteiger partial charge in [-0.15, -0.1) is 0 Å². The van der Waals surface area contributed by atoms with Crippen LogP contribution in [0.15, 0.2) is 48.5 Å². The molecule has 1 aliphatic rings. The fraction of sp³-hybridized carbons (Fsp3) is 0.350. The Balaban J connectivity index is 1.59. The predicted octanol–water partition coefficient (Wildman–Crippen LogP) is 3.77. The number of carbonyl (C=O) groups excluding carboxylic acids is 1. The highest BCUT2D eigenvalue weighted by Gasteiger charge is 2.54. The first-order valence-electron chi connectivity index (χ1n) is 8.48. The Morgan fingerprint density at radius 2 is 1.52 bits per heavy atom. The molecule has 144 valence electrons. The minimum absolute atomic E-state index is 0.107. The molecule has 0 radical (unpaired) electrons. The lowest BCUT2D eigenvalue weighted by molar-refractivity contribution is -0.156. The van der Waals surface area contributed by atoms with E-state index in [-0.39, 0.29) is 13.2 Å². The largest absolute Gasteiger partial charge is 0.455 e. The molecule has 1 heterocycles. The summed E-state index contributed by atoms with van der Waals surface area (Å²) in [6.07, 6.45) is -1.54. The Kier molecular flexibility index (Phi) is 6.40.